The van der Waals surface area contributed by atoms with Crippen molar-refractivity contribution in [3.05, 3.63) is 74.6 Å². The summed E-state index contributed by atoms with van der Waals surface area (Å²) in [6.07, 6.45) is 2.48. The highest BCUT2D eigenvalue weighted by Crippen LogP contribution is 2.47. The van der Waals surface area contributed by atoms with Gasteiger partial charge in [-0.05, 0) is 31.6 Å². The number of thiazole rings is 1. The summed E-state index contributed by atoms with van der Waals surface area (Å²) in [6, 6.07) is 6.86. The Morgan fingerprint density at radius 2 is 2.18 bits per heavy atom. The number of fused-ring (bicyclic) bond motifs is 1. The molecule has 0 N–H and O–H groups in total. The second-order valence-corrected chi connectivity index (χ2v) is 11.5. The first-order valence-corrected chi connectivity index (χ1v) is 13.7. The van der Waals surface area contributed by atoms with Gasteiger partial charge in [0, 0.05) is 54.7 Å². The number of aromatic nitrogens is 2. The second kappa shape index (κ2) is 9.45. The zero-order chi connectivity index (χ0) is 26.6. The van der Waals surface area contributed by atoms with Crippen molar-refractivity contribution in [2.75, 3.05) is 31.1 Å². The standard InChI is InChI=1S/C28H25ClFN5O2S/c1-3-23(36)35-13-28(14-35)7-8-34(12-28)27-17(10-31)24(25-19(29)5-4-6-20(25)30)18-11-37-22(9-21(18)33-27)26-16(2)32-15-38-26/h3-6,15,22H,1,7-9,11-14H2,2H3/t22-/m1/s1. The molecule has 1 amide bonds. The van der Waals surface area contributed by atoms with Crippen molar-refractivity contribution in [1.82, 2.24) is 14.9 Å². The zero-order valence-electron chi connectivity index (χ0n) is 20.8. The zero-order valence-corrected chi connectivity index (χ0v) is 22.4. The molecule has 3 aromatic rings. The molecule has 2 saturated heterocycles. The van der Waals surface area contributed by atoms with Gasteiger partial charge in [0.15, 0.2) is 0 Å². The summed E-state index contributed by atoms with van der Waals surface area (Å²) in [4.78, 5) is 26.4. The normalized spacial score (nSPS) is 19.7. The number of nitrogens with zero attached hydrogens (tertiary/aromatic N) is 5. The van der Waals surface area contributed by atoms with E-state index in [0.717, 1.165) is 22.7 Å². The molecule has 1 aromatic carbocycles. The minimum Gasteiger partial charge on any atom is -0.367 e. The number of hydrogen-bond acceptors (Lipinski definition) is 7. The first kappa shape index (κ1) is 25.0. The smallest absolute Gasteiger partial charge is 0.245 e. The minimum absolute atomic E-state index is 0.0514. The average molecular weight is 550 g/mol. The highest BCUT2D eigenvalue weighted by Gasteiger charge is 2.49. The summed E-state index contributed by atoms with van der Waals surface area (Å²) < 4.78 is 21.5. The summed E-state index contributed by atoms with van der Waals surface area (Å²) in [5.74, 6) is -0.0311. The highest BCUT2D eigenvalue weighted by atomic mass is 35.5. The van der Waals surface area contributed by atoms with E-state index in [2.05, 4.69) is 22.5 Å². The van der Waals surface area contributed by atoms with Crippen molar-refractivity contribution >= 4 is 34.7 Å². The van der Waals surface area contributed by atoms with Gasteiger partial charge >= 0.3 is 0 Å². The molecule has 3 aliphatic heterocycles. The molecule has 2 fully saturated rings. The van der Waals surface area contributed by atoms with E-state index < -0.39 is 5.82 Å². The molecule has 0 bridgehead atoms. The van der Waals surface area contributed by atoms with Crippen molar-refractivity contribution in [3.8, 4) is 17.2 Å². The van der Waals surface area contributed by atoms with Crippen LogP contribution in [0.3, 0.4) is 0 Å². The quantitative estimate of drug-likeness (QED) is 0.415. The fourth-order valence-electron chi connectivity index (χ4n) is 5.96. The number of ether oxygens (including phenoxy) is 1. The van der Waals surface area contributed by atoms with E-state index in [9.17, 15) is 10.1 Å². The molecule has 10 heteroatoms. The number of halogens is 2. The number of aryl methyl sites for hydroxylation is 1. The van der Waals surface area contributed by atoms with Gasteiger partial charge in [-0.15, -0.1) is 11.3 Å². The van der Waals surface area contributed by atoms with Crippen LogP contribution in [0.4, 0.5) is 10.2 Å². The van der Waals surface area contributed by atoms with Crippen LogP contribution in [-0.2, 0) is 22.6 Å². The maximum Gasteiger partial charge on any atom is 0.245 e. The molecule has 7 nitrogen and oxygen atoms in total. The Kier molecular flexibility index (Phi) is 6.22. The van der Waals surface area contributed by atoms with Crippen molar-refractivity contribution in [3.63, 3.8) is 0 Å². The number of benzene rings is 1. The highest BCUT2D eigenvalue weighted by molar-refractivity contribution is 7.09. The molecule has 6 rings (SSSR count). The molecule has 1 spiro atoms. The Hall–Kier alpha value is -3.32. The Balaban J connectivity index is 1.45. The van der Waals surface area contributed by atoms with Crippen LogP contribution in [0.25, 0.3) is 11.1 Å². The van der Waals surface area contributed by atoms with Crippen LogP contribution in [-0.4, -0.2) is 47.0 Å². The van der Waals surface area contributed by atoms with Gasteiger partial charge in [0.1, 0.15) is 23.3 Å². The average Bonchev–Trinajstić information content (AvgIpc) is 3.53. The van der Waals surface area contributed by atoms with Crippen LogP contribution in [0, 0.1) is 29.5 Å². The molecular formula is C28H25ClFN5O2S. The predicted octanol–water partition coefficient (Wildman–Crippen LogP) is 5.22. The Bertz CT molecular complexity index is 1490. The first-order valence-electron chi connectivity index (χ1n) is 12.4. The molecule has 0 saturated carbocycles. The van der Waals surface area contributed by atoms with E-state index >= 15 is 4.39 Å². The van der Waals surface area contributed by atoms with Crippen LogP contribution in [0.2, 0.25) is 5.02 Å². The summed E-state index contributed by atoms with van der Waals surface area (Å²) in [5, 5.41) is 10.6. The van der Waals surface area contributed by atoms with Crippen LogP contribution in [0.15, 0.2) is 36.4 Å². The minimum atomic E-state index is -0.496. The van der Waals surface area contributed by atoms with Gasteiger partial charge in [0.05, 0.1) is 39.5 Å². The third-order valence-corrected chi connectivity index (χ3v) is 9.19. The van der Waals surface area contributed by atoms with Crippen LogP contribution >= 0.6 is 22.9 Å². The van der Waals surface area contributed by atoms with Crippen LogP contribution in [0.5, 0.6) is 0 Å². The van der Waals surface area contributed by atoms with E-state index in [-0.39, 0.29) is 34.6 Å². The Morgan fingerprint density at radius 3 is 2.87 bits per heavy atom. The summed E-state index contributed by atoms with van der Waals surface area (Å²) >= 11 is 8.08. The molecule has 2 aromatic heterocycles. The van der Waals surface area contributed by atoms with E-state index in [1.807, 2.05) is 6.92 Å². The maximum atomic E-state index is 15.3. The lowest BCUT2D eigenvalue weighted by molar-refractivity contribution is -0.136. The van der Waals surface area contributed by atoms with Gasteiger partial charge in [0.25, 0.3) is 0 Å². The summed E-state index contributed by atoms with van der Waals surface area (Å²) in [6.45, 7) is 8.36. The lowest BCUT2D eigenvalue weighted by atomic mass is 9.79. The molecule has 0 radical (unpaired) electrons. The Labute approximate surface area is 229 Å². The van der Waals surface area contributed by atoms with Gasteiger partial charge in [-0.25, -0.2) is 14.4 Å². The van der Waals surface area contributed by atoms with E-state index in [1.165, 1.54) is 12.1 Å². The lowest BCUT2D eigenvalue weighted by Crippen LogP contribution is -2.59. The number of pyridine rings is 1. The number of amides is 1. The molecule has 3 aliphatic rings. The predicted molar refractivity (Wildman–Crippen MR) is 143 cm³/mol. The van der Waals surface area contributed by atoms with Gasteiger partial charge < -0.3 is 14.5 Å². The molecule has 1 atom stereocenters. The largest absolute Gasteiger partial charge is 0.367 e. The van der Waals surface area contributed by atoms with Crippen molar-refractivity contribution in [2.45, 2.75) is 32.5 Å². The van der Waals surface area contributed by atoms with Crippen molar-refractivity contribution in [2.24, 2.45) is 5.41 Å². The number of likely N-dealkylation sites (tertiary alicyclic amines) is 1. The van der Waals surface area contributed by atoms with Gasteiger partial charge in [0.2, 0.25) is 5.91 Å². The molecule has 5 heterocycles. The van der Waals surface area contributed by atoms with Gasteiger partial charge in [-0.1, -0.05) is 24.2 Å². The van der Waals surface area contributed by atoms with E-state index in [0.29, 0.717) is 55.1 Å². The maximum absolute atomic E-state index is 15.3. The van der Waals surface area contributed by atoms with Crippen molar-refractivity contribution in [1.29, 1.82) is 5.26 Å². The SMILES string of the molecule is C=CC(=O)N1CC2(CCN(c3nc4c(c(-c5c(F)cccc5Cl)c3C#N)CO[C@@H](c3scnc3C)C4)C2)C1. The van der Waals surface area contributed by atoms with E-state index in [1.54, 1.807) is 33.9 Å². The summed E-state index contributed by atoms with van der Waals surface area (Å²) in [7, 11) is 0. The second-order valence-electron chi connectivity index (χ2n) is 10.2. The molecule has 0 aliphatic carbocycles. The van der Waals surface area contributed by atoms with Gasteiger partial charge in [-0.2, -0.15) is 5.26 Å². The fraction of sp³-hybridized carbons (Fsp3) is 0.357. The van der Waals surface area contributed by atoms with E-state index in [4.69, 9.17) is 21.3 Å². The third kappa shape index (κ3) is 3.99. The Morgan fingerprint density at radius 1 is 1.37 bits per heavy atom. The number of nitriles is 1. The van der Waals surface area contributed by atoms with Crippen LogP contribution < -0.4 is 4.90 Å². The number of anilines is 1. The number of carbonyl (C=O) groups is 1. The number of rotatable bonds is 4. The number of carbonyl (C=O) groups excluding carboxylic acids is 1. The third-order valence-electron chi connectivity index (χ3n) is 7.85. The number of hydrogen-bond donors (Lipinski definition) is 0. The molecule has 38 heavy (non-hydrogen) atoms. The summed E-state index contributed by atoms with van der Waals surface area (Å²) in [5.41, 5.74) is 5.07. The molecular weight excluding hydrogens is 525 g/mol. The molecule has 0 unspecified atom stereocenters. The van der Waals surface area contributed by atoms with Crippen molar-refractivity contribution < 1.29 is 13.9 Å². The monoisotopic (exact) mass is 549 g/mol. The van der Waals surface area contributed by atoms with Crippen LogP contribution in [0.1, 0.15) is 39.9 Å². The first-order chi connectivity index (χ1) is 18.3. The lowest BCUT2D eigenvalue weighted by Gasteiger charge is -2.47. The molecule has 194 valence electrons. The topological polar surface area (TPSA) is 82.4 Å². The fourth-order valence-corrected chi connectivity index (χ4v) is 7.07. The van der Waals surface area contributed by atoms with Gasteiger partial charge in [-0.3, -0.25) is 4.79 Å².